The molecule has 0 bridgehead atoms. The number of para-hydroxylation sites is 1. The summed E-state index contributed by atoms with van der Waals surface area (Å²) in [5, 5.41) is 6.81. The van der Waals surface area contributed by atoms with Crippen LogP contribution in [0.3, 0.4) is 0 Å². The summed E-state index contributed by atoms with van der Waals surface area (Å²) in [6.45, 7) is 0. The first-order valence-corrected chi connectivity index (χ1v) is 16.9. The van der Waals surface area contributed by atoms with E-state index in [1.807, 2.05) is 48.5 Å². The van der Waals surface area contributed by atoms with Gasteiger partial charge in [-0.2, -0.15) is 0 Å². The Morgan fingerprint density at radius 1 is 0.438 bits per heavy atom. The summed E-state index contributed by atoms with van der Waals surface area (Å²) in [4.78, 5) is 0. The molecule has 10 aromatic rings. The Morgan fingerprint density at radius 2 is 1.02 bits per heavy atom. The van der Waals surface area contributed by atoms with Crippen LogP contribution >= 0.6 is 11.3 Å². The number of fused-ring (bicyclic) bond motifs is 6. The highest BCUT2D eigenvalue weighted by molar-refractivity contribution is 7.26. The molecule has 0 aliphatic carbocycles. The number of rotatable bonds is 4. The van der Waals surface area contributed by atoms with Crippen molar-refractivity contribution in [3.63, 3.8) is 0 Å². The number of benzene rings is 8. The standard InChI is InChI=1S/C46H28OS/c1-2-14-29(15-3-1)30-16-12-17-31(28-30)42-33-19-4-6-21-35(33)43(36-22-7-5-20-34(36)42)45-44(38-23-8-10-26-40(38)47-45)39-25-13-24-37-32-18-9-11-27-41(32)48-46(37)39/h1-28H/i13D,24D,25D. The highest BCUT2D eigenvalue weighted by Gasteiger charge is 2.25. The lowest BCUT2D eigenvalue weighted by Crippen LogP contribution is -1.91. The summed E-state index contributed by atoms with van der Waals surface area (Å²) in [6.07, 6.45) is 0. The van der Waals surface area contributed by atoms with Crippen LogP contribution < -0.4 is 0 Å². The van der Waals surface area contributed by atoms with Crippen molar-refractivity contribution in [2.75, 3.05) is 0 Å². The molecule has 0 aliphatic rings. The maximum atomic E-state index is 9.42. The number of furan rings is 1. The van der Waals surface area contributed by atoms with Crippen LogP contribution in [0, 0.1) is 0 Å². The largest absolute Gasteiger partial charge is 0.455 e. The second-order valence-electron chi connectivity index (χ2n) is 12.1. The SMILES string of the molecule is [2H]c1c([2H])c([2H])c2c(sc3ccccc32)c1-c1c(-c2c3ccccc3c(-c3cccc(-c4ccccc4)c3)c3ccccc23)oc2ccccc12. The van der Waals surface area contributed by atoms with Gasteiger partial charge >= 0.3 is 0 Å². The summed E-state index contributed by atoms with van der Waals surface area (Å²) < 4.78 is 36.3. The van der Waals surface area contributed by atoms with Crippen LogP contribution in [0.15, 0.2) is 174 Å². The van der Waals surface area contributed by atoms with Gasteiger partial charge in [0.05, 0.1) is 4.11 Å². The van der Waals surface area contributed by atoms with Gasteiger partial charge in [-0.1, -0.05) is 152 Å². The van der Waals surface area contributed by atoms with Crippen LogP contribution in [0.1, 0.15) is 4.11 Å². The molecule has 0 aliphatic heterocycles. The van der Waals surface area contributed by atoms with Crippen molar-refractivity contribution in [2.24, 2.45) is 0 Å². The van der Waals surface area contributed by atoms with E-state index in [-0.39, 0.29) is 18.1 Å². The smallest absolute Gasteiger partial charge is 0.144 e. The van der Waals surface area contributed by atoms with Crippen molar-refractivity contribution in [1.82, 2.24) is 0 Å². The minimum atomic E-state index is -0.0827. The first-order valence-electron chi connectivity index (χ1n) is 17.6. The summed E-state index contributed by atoms with van der Waals surface area (Å²) in [5.41, 5.74) is 7.70. The van der Waals surface area contributed by atoms with Crippen molar-refractivity contribution >= 4 is 64.0 Å². The Bertz CT molecular complexity index is 2950. The Hall–Kier alpha value is -5.96. The number of thiophene rings is 1. The summed E-state index contributed by atoms with van der Waals surface area (Å²) >= 11 is 1.58. The molecule has 8 aromatic carbocycles. The highest BCUT2D eigenvalue weighted by Crippen LogP contribution is 2.51. The van der Waals surface area contributed by atoms with Crippen molar-refractivity contribution in [3.8, 4) is 44.7 Å². The fraction of sp³-hybridized carbons (Fsp3) is 0. The molecule has 0 amide bonds. The zero-order valence-electron chi connectivity index (χ0n) is 28.8. The molecule has 0 saturated heterocycles. The van der Waals surface area contributed by atoms with E-state index in [2.05, 4.69) is 103 Å². The Morgan fingerprint density at radius 3 is 1.77 bits per heavy atom. The van der Waals surface area contributed by atoms with Crippen LogP contribution in [-0.4, -0.2) is 0 Å². The maximum Gasteiger partial charge on any atom is 0.144 e. The zero-order valence-corrected chi connectivity index (χ0v) is 26.6. The van der Waals surface area contributed by atoms with E-state index < -0.39 is 0 Å². The third-order valence-corrected chi connectivity index (χ3v) is 10.6. The topological polar surface area (TPSA) is 13.1 Å². The van der Waals surface area contributed by atoms with Crippen molar-refractivity contribution in [1.29, 1.82) is 0 Å². The maximum absolute atomic E-state index is 9.42. The lowest BCUT2D eigenvalue weighted by atomic mass is 9.85. The number of hydrogen-bond acceptors (Lipinski definition) is 2. The van der Waals surface area contributed by atoms with E-state index in [1.54, 1.807) is 11.3 Å². The van der Waals surface area contributed by atoms with E-state index in [4.69, 9.17) is 7.16 Å². The quantitative estimate of drug-likeness (QED) is 0.176. The molecule has 10 rings (SSSR count). The first-order chi connectivity index (χ1) is 25.1. The van der Waals surface area contributed by atoms with Crippen LogP contribution in [-0.2, 0) is 0 Å². The second-order valence-corrected chi connectivity index (χ2v) is 13.2. The molecule has 224 valence electrons. The Balaban J connectivity index is 1.34. The van der Waals surface area contributed by atoms with Gasteiger partial charge in [0.25, 0.3) is 0 Å². The zero-order chi connectivity index (χ0) is 34.2. The van der Waals surface area contributed by atoms with E-state index >= 15 is 0 Å². The summed E-state index contributed by atoms with van der Waals surface area (Å²) in [6, 6.07) is 52.3. The predicted octanol–water partition coefficient (Wildman–Crippen LogP) is 13.8. The van der Waals surface area contributed by atoms with Crippen LogP contribution in [0.2, 0.25) is 0 Å². The molecule has 2 aromatic heterocycles. The first kappa shape index (κ1) is 24.2. The van der Waals surface area contributed by atoms with Gasteiger partial charge in [-0.3, -0.25) is 0 Å². The molecule has 0 N–H and O–H groups in total. The highest BCUT2D eigenvalue weighted by atomic mass is 32.1. The molecule has 0 radical (unpaired) electrons. The van der Waals surface area contributed by atoms with E-state index in [0.717, 1.165) is 69.5 Å². The minimum absolute atomic E-state index is 0.0369. The monoisotopic (exact) mass is 631 g/mol. The average Bonchev–Trinajstić information content (AvgIpc) is 3.75. The molecule has 1 nitrogen and oxygen atoms in total. The van der Waals surface area contributed by atoms with Gasteiger partial charge in [-0.05, 0) is 62.0 Å². The van der Waals surface area contributed by atoms with Crippen LogP contribution in [0.25, 0.3) is 97.4 Å². The van der Waals surface area contributed by atoms with E-state index in [0.29, 0.717) is 22.3 Å². The van der Waals surface area contributed by atoms with Gasteiger partial charge in [0.1, 0.15) is 11.3 Å². The minimum Gasteiger partial charge on any atom is -0.455 e. The van der Waals surface area contributed by atoms with Gasteiger partial charge < -0.3 is 4.42 Å². The molecule has 0 fully saturated rings. The van der Waals surface area contributed by atoms with Crippen molar-refractivity contribution in [3.05, 3.63) is 170 Å². The summed E-state index contributed by atoms with van der Waals surface area (Å²) in [5.74, 6) is 0.664. The molecule has 2 heteroatoms. The van der Waals surface area contributed by atoms with Gasteiger partial charge in [0, 0.05) is 42.2 Å². The third kappa shape index (κ3) is 4.10. The lowest BCUT2D eigenvalue weighted by molar-refractivity contribution is 0.634. The van der Waals surface area contributed by atoms with Gasteiger partial charge in [-0.15, -0.1) is 11.3 Å². The molecular formula is C46H28OS. The van der Waals surface area contributed by atoms with Gasteiger partial charge in [-0.25, -0.2) is 0 Å². The molecule has 0 unspecified atom stereocenters. The Kier molecular flexibility index (Phi) is 5.46. The van der Waals surface area contributed by atoms with Gasteiger partial charge in [0.15, 0.2) is 0 Å². The van der Waals surface area contributed by atoms with E-state index in [9.17, 15) is 1.37 Å². The van der Waals surface area contributed by atoms with Crippen molar-refractivity contribution < 1.29 is 8.53 Å². The van der Waals surface area contributed by atoms with E-state index in [1.165, 1.54) is 5.56 Å². The summed E-state index contributed by atoms with van der Waals surface area (Å²) in [7, 11) is 0. The molecule has 0 atom stereocenters. The molecule has 0 spiro atoms. The lowest BCUT2D eigenvalue weighted by Gasteiger charge is -2.18. The predicted molar refractivity (Wildman–Crippen MR) is 206 cm³/mol. The Labute approximate surface area is 286 Å². The second kappa shape index (κ2) is 10.8. The van der Waals surface area contributed by atoms with Gasteiger partial charge in [0.2, 0.25) is 0 Å². The van der Waals surface area contributed by atoms with Crippen LogP contribution in [0.5, 0.6) is 0 Å². The third-order valence-electron chi connectivity index (χ3n) is 9.46. The molecular weight excluding hydrogens is 601 g/mol. The van der Waals surface area contributed by atoms with Crippen LogP contribution in [0.4, 0.5) is 0 Å². The van der Waals surface area contributed by atoms with Crippen molar-refractivity contribution in [2.45, 2.75) is 0 Å². The molecule has 48 heavy (non-hydrogen) atoms. The molecule has 2 heterocycles. The molecule has 0 saturated carbocycles. The fourth-order valence-electron chi connectivity index (χ4n) is 7.37. The normalized spacial score (nSPS) is 12.6. The fourth-order valence-corrected chi connectivity index (χ4v) is 8.54. The number of hydrogen-bond donors (Lipinski definition) is 0. The average molecular weight is 632 g/mol.